The second-order valence-corrected chi connectivity index (χ2v) is 13.5. The van der Waals surface area contributed by atoms with Crippen LogP contribution >= 0.6 is 23.2 Å². The first-order chi connectivity index (χ1) is 17.9. The van der Waals surface area contributed by atoms with Crippen LogP contribution in [-0.4, -0.2) is 34.9 Å². The number of nitrogens with one attached hydrogen (secondary N) is 1. The van der Waals surface area contributed by atoms with Gasteiger partial charge in [0.15, 0.2) is 5.78 Å². The molecule has 38 heavy (non-hydrogen) atoms. The highest BCUT2D eigenvalue weighted by Crippen LogP contribution is 2.57. The van der Waals surface area contributed by atoms with E-state index < -0.39 is 23.2 Å². The van der Waals surface area contributed by atoms with Crippen molar-refractivity contribution in [3.8, 4) is 0 Å². The fourth-order valence-electron chi connectivity index (χ4n) is 7.29. The Bertz CT molecular complexity index is 1250. The van der Waals surface area contributed by atoms with Crippen LogP contribution in [0.15, 0.2) is 36.4 Å². The zero-order chi connectivity index (χ0) is 27.4. The van der Waals surface area contributed by atoms with Gasteiger partial charge in [-0.05, 0) is 78.3 Å². The summed E-state index contributed by atoms with van der Waals surface area (Å²) in [4.78, 5) is 28.3. The van der Waals surface area contributed by atoms with E-state index in [1.54, 1.807) is 18.2 Å². The van der Waals surface area contributed by atoms with Crippen LogP contribution in [0.3, 0.4) is 0 Å². The number of rotatable bonds is 5. The number of carbonyl (C=O) groups excluding carboxylic acids is 2. The predicted molar refractivity (Wildman–Crippen MR) is 148 cm³/mol. The second kappa shape index (κ2) is 10.3. The van der Waals surface area contributed by atoms with Crippen molar-refractivity contribution in [2.45, 2.75) is 95.2 Å². The van der Waals surface area contributed by atoms with E-state index in [1.165, 1.54) is 6.07 Å². The Morgan fingerprint density at radius 1 is 1.13 bits per heavy atom. The Kier molecular flexibility index (Phi) is 7.54. The van der Waals surface area contributed by atoms with Crippen molar-refractivity contribution in [2.75, 3.05) is 0 Å². The van der Waals surface area contributed by atoms with Gasteiger partial charge in [0.25, 0.3) is 0 Å². The number of ketones is 2. The molecule has 2 aliphatic carbocycles. The minimum absolute atomic E-state index is 0.0123. The maximum atomic E-state index is 15.8. The van der Waals surface area contributed by atoms with Crippen LogP contribution in [0.2, 0.25) is 10.0 Å². The molecule has 2 fully saturated rings. The molecule has 1 saturated heterocycles. The Morgan fingerprint density at radius 3 is 2.53 bits per heavy atom. The fourth-order valence-corrected chi connectivity index (χ4v) is 7.66. The summed E-state index contributed by atoms with van der Waals surface area (Å²) in [6, 6.07) is 9.25. The third kappa shape index (κ3) is 4.85. The van der Waals surface area contributed by atoms with E-state index in [0.29, 0.717) is 36.3 Å². The molecule has 4 atom stereocenters. The minimum atomic E-state index is -1.12. The van der Waals surface area contributed by atoms with Gasteiger partial charge >= 0.3 is 0 Å². The quantitative estimate of drug-likeness (QED) is 0.435. The molecule has 3 aliphatic rings. The van der Waals surface area contributed by atoms with Crippen molar-refractivity contribution >= 4 is 34.8 Å². The highest BCUT2D eigenvalue weighted by Gasteiger charge is 2.65. The molecule has 2 aromatic rings. The van der Waals surface area contributed by atoms with Crippen molar-refractivity contribution in [3.05, 3.63) is 69.0 Å². The van der Waals surface area contributed by atoms with E-state index in [2.05, 4.69) is 26.1 Å². The van der Waals surface area contributed by atoms with E-state index in [9.17, 15) is 14.7 Å². The molecule has 0 radical (unpaired) electrons. The summed E-state index contributed by atoms with van der Waals surface area (Å²) < 4.78 is 15.8. The van der Waals surface area contributed by atoms with Crippen LogP contribution in [0.4, 0.5) is 4.39 Å². The van der Waals surface area contributed by atoms with E-state index >= 15 is 4.39 Å². The fraction of sp³-hybridized carbons (Fsp3) is 0.548. The van der Waals surface area contributed by atoms with Crippen LogP contribution < -0.4 is 5.32 Å². The van der Waals surface area contributed by atoms with Gasteiger partial charge < -0.3 is 10.4 Å². The molecule has 2 aromatic carbocycles. The second-order valence-electron chi connectivity index (χ2n) is 12.7. The molecule has 0 bridgehead atoms. The van der Waals surface area contributed by atoms with Crippen LogP contribution in [0, 0.1) is 17.2 Å². The minimum Gasteiger partial charge on any atom is -0.393 e. The van der Waals surface area contributed by atoms with Gasteiger partial charge in [-0.15, -0.1) is 0 Å². The summed E-state index contributed by atoms with van der Waals surface area (Å²) >= 11 is 12.6. The number of carbonyl (C=O) groups is 2. The summed E-state index contributed by atoms with van der Waals surface area (Å²) in [5.41, 5.74) is 0.686. The molecule has 1 saturated carbocycles. The van der Waals surface area contributed by atoms with Gasteiger partial charge in [0, 0.05) is 29.8 Å². The molecule has 2 N–H and O–H groups in total. The number of hydrogen-bond donors (Lipinski definition) is 2. The lowest BCUT2D eigenvalue weighted by atomic mass is 9.61. The Balaban J connectivity index is 1.67. The summed E-state index contributed by atoms with van der Waals surface area (Å²) in [5, 5.41) is 14.1. The molecule has 204 valence electrons. The SMILES string of the molecule is CC(C)(C)C[C@H]1N[C@@H](C(=O)CC2CCC(O)CC2)[C@H](c2cccc(Cl)c2F)[C@@]12C(=O)Cc1cc(Cl)ccc12. The van der Waals surface area contributed by atoms with Crippen LogP contribution in [0.1, 0.15) is 81.9 Å². The highest BCUT2D eigenvalue weighted by molar-refractivity contribution is 6.31. The third-order valence-electron chi connectivity index (χ3n) is 8.87. The first kappa shape index (κ1) is 27.8. The van der Waals surface area contributed by atoms with Crippen molar-refractivity contribution < 1.29 is 19.1 Å². The summed E-state index contributed by atoms with van der Waals surface area (Å²) in [5.74, 6) is -1.19. The number of hydrogen-bond acceptors (Lipinski definition) is 4. The van der Waals surface area contributed by atoms with E-state index in [0.717, 1.165) is 24.0 Å². The van der Waals surface area contributed by atoms with E-state index in [-0.39, 0.29) is 46.5 Å². The molecule has 1 aliphatic heterocycles. The first-order valence-corrected chi connectivity index (χ1v) is 14.4. The van der Waals surface area contributed by atoms with Crippen molar-refractivity contribution in [3.63, 3.8) is 0 Å². The largest absolute Gasteiger partial charge is 0.393 e. The van der Waals surface area contributed by atoms with Gasteiger partial charge in [0.2, 0.25) is 0 Å². The molecule has 4 nitrogen and oxygen atoms in total. The topological polar surface area (TPSA) is 66.4 Å². The molecule has 0 aromatic heterocycles. The zero-order valence-corrected chi connectivity index (χ0v) is 23.7. The van der Waals surface area contributed by atoms with E-state index in [1.807, 2.05) is 12.1 Å². The summed E-state index contributed by atoms with van der Waals surface area (Å²) in [7, 11) is 0. The summed E-state index contributed by atoms with van der Waals surface area (Å²) in [6.45, 7) is 6.34. The number of Topliss-reactive ketones (excluding diaryl/α,β-unsaturated/α-hetero) is 2. The zero-order valence-electron chi connectivity index (χ0n) is 22.2. The standard InChI is InChI=1S/C31H36Cl2FNO3/c1-30(2,3)16-25-31(22-12-9-19(32)14-18(22)15-26(31)38)27(21-5-4-6-23(33)28(21)34)29(35-25)24(37)13-17-7-10-20(36)11-8-17/h4-6,9,12,14,17,20,25,27,29,35-36H,7-8,10-11,13,15-16H2,1-3H3/t17?,20?,25-,27+,29+,31-/m1/s1. The van der Waals surface area contributed by atoms with Crippen LogP contribution in [-0.2, 0) is 21.4 Å². The predicted octanol–water partition coefficient (Wildman–Crippen LogP) is 6.57. The third-order valence-corrected chi connectivity index (χ3v) is 9.39. The number of aliphatic hydroxyl groups excluding tert-OH is 1. The van der Waals surface area contributed by atoms with Gasteiger partial charge in [-0.25, -0.2) is 4.39 Å². The normalized spacial score (nSPS) is 31.1. The van der Waals surface area contributed by atoms with E-state index in [4.69, 9.17) is 23.2 Å². The molecule has 0 unspecified atom stereocenters. The monoisotopic (exact) mass is 559 g/mol. The average Bonchev–Trinajstić information content (AvgIpc) is 3.31. The maximum Gasteiger partial charge on any atom is 0.150 e. The molecular formula is C31H36Cl2FNO3. The Labute approximate surface area is 234 Å². The number of aliphatic hydroxyl groups is 1. The lowest BCUT2D eigenvalue weighted by molar-refractivity contribution is -0.124. The molecule has 1 heterocycles. The highest BCUT2D eigenvalue weighted by atomic mass is 35.5. The Hall–Kier alpha value is -1.79. The number of halogens is 3. The van der Waals surface area contributed by atoms with Crippen molar-refractivity contribution in [2.24, 2.45) is 11.3 Å². The average molecular weight is 561 g/mol. The first-order valence-electron chi connectivity index (χ1n) is 13.6. The smallest absolute Gasteiger partial charge is 0.150 e. The number of fused-ring (bicyclic) bond motifs is 2. The van der Waals surface area contributed by atoms with Crippen LogP contribution in [0.5, 0.6) is 0 Å². The van der Waals surface area contributed by atoms with Crippen molar-refractivity contribution in [1.29, 1.82) is 0 Å². The molecular weight excluding hydrogens is 524 g/mol. The number of benzene rings is 2. The Morgan fingerprint density at radius 2 is 1.84 bits per heavy atom. The lowest BCUT2D eigenvalue weighted by Gasteiger charge is -2.39. The van der Waals surface area contributed by atoms with Crippen molar-refractivity contribution in [1.82, 2.24) is 5.32 Å². The lowest BCUT2D eigenvalue weighted by Crippen LogP contribution is -2.48. The van der Waals surface area contributed by atoms with Gasteiger partial charge in [-0.3, -0.25) is 9.59 Å². The molecule has 5 rings (SSSR count). The van der Waals surface area contributed by atoms with Crippen LogP contribution in [0.25, 0.3) is 0 Å². The molecule has 0 amide bonds. The molecule has 1 spiro atoms. The van der Waals surface area contributed by atoms with Gasteiger partial charge in [-0.1, -0.05) is 62.2 Å². The molecule has 7 heteroatoms. The van der Waals surface area contributed by atoms with Gasteiger partial charge in [-0.2, -0.15) is 0 Å². The van der Waals surface area contributed by atoms with Gasteiger partial charge in [0.1, 0.15) is 11.6 Å². The maximum absolute atomic E-state index is 15.8. The summed E-state index contributed by atoms with van der Waals surface area (Å²) in [6.07, 6.45) is 3.79. The van der Waals surface area contributed by atoms with Gasteiger partial charge in [0.05, 0.1) is 22.6 Å².